The lowest BCUT2D eigenvalue weighted by Gasteiger charge is -2.14. The standard InChI is InChI=1S/C3H13BO2P4/c1-3(2)4(5-9-7)6-10-8/h3,9-10H,7-8H2,1-2H3. The second-order valence-electron chi connectivity index (χ2n) is 2.08. The van der Waals surface area contributed by atoms with Crippen LogP contribution in [0.2, 0.25) is 5.82 Å². The molecule has 0 aromatic rings. The quantitative estimate of drug-likeness (QED) is 0.519. The summed E-state index contributed by atoms with van der Waals surface area (Å²) in [5.41, 5.74) is 0. The van der Waals surface area contributed by atoms with Gasteiger partial charge in [0.2, 0.25) is 0 Å². The molecule has 0 amide bonds. The van der Waals surface area contributed by atoms with Crippen LogP contribution < -0.4 is 0 Å². The monoisotopic (exact) mass is 216 g/mol. The Bertz CT molecular complexity index is 76.9. The molecule has 0 aromatic heterocycles. The van der Waals surface area contributed by atoms with Gasteiger partial charge in [-0.25, -0.2) is 0 Å². The Hall–Kier alpha value is 1.70. The maximum absolute atomic E-state index is 5.31. The molecule has 60 valence electrons. The van der Waals surface area contributed by atoms with Gasteiger partial charge in [-0.3, -0.25) is 0 Å². The van der Waals surface area contributed by atoms with Crippen molar-refractivity contribution in [2.75, 3.05) is 0 Å². The largest absolute Gasteiger partial charge is 0.466 e. The maximum atomic E-state index is 5.31. The summed E-state index contributed by atoms with van der Waals surface area (Å²) < 4.78 is 10.6. The van der Waals surface area contributed by atoms with Crippen molar-refractivity contribution in [1.82, 2.24) is 0 Å². The molecule has 2 nitrogen and oxygen atoms in total. The highest BCUT2D eigenvalue weighted by Crippen LogP contribution is 2.32. The molecular formula is C3H13BO2P4. The summed E-state index contributed by atoms with van der Waals surface area (Å²) in [4.78, 5) is 0. The van der Waals surface area contributed by atoms with Gasteiger partial charge in [-0.05, 0) is 5.82 Å². The number of hydrogen-bond acceptors (Lipinski definition) is 2. The highest BCUT2D eigenvalue weighted by atomic mass is 32.0. The van der Waals surface area contributed by atoms with Crippen LogP contribution in [-0.4, -0.2) is 7.12 Å². The summed E-state index contributed by atoms with van der Waals surface area (Å²) in [6.45, 7) is 4.17. The van der Waals surface area contributed by atoms with E-state index >= 15 is 0 Å². The number of hydrogen-bond donors (Lipinski definition) is 0. The first kappa shape index (κ1) is 11.7. The fourth-order valence-corrected chi connectivity index (χ4v) is 2.24. The van der Waals surface area contributed by atoms with Gasteiger partial charge in [0.25, 0.3) is 0 Å². The Morgan fingerprint density at radius 2 is 1.60 bits per heavy atom. The summed E-state index contributed by atoms with van der Waals surface area (Å²) in [5.74, 6) is 0.432. The molecule has 0 N–H and O–H groups in total. The summed E-state index contributed by atoms with van der Waals surface area (Å²) in [7, 11) is 5.90. The minimum atomic E-state index is -0.0355. The molecule has 0 aromatic carbocycles. The van der Waals surface area contributed by atoms with Crippen LogP contribution in [0.3, 0.4) is 0 Å². The minimum Gasteiger partial charge on any atom is -0.387 e. The molecule has 0 saturated carbocycles. The SMILES string of the molecule is CC(C)B(OPP)OPP. The lowest BCUT2D eigenvalue weighted by Crippen LogP contribution is -2.18. The summed E-state index contributed by atoms with van der Waals surface area (Å²) in [6, 6.07) is 0. The summed E-state index contributed by atoms with van der Waals surface area (Å²) >= 11 is 0. The van der Waals surface area contributed by atoms with E-state index in [-0.39, 0.29) is 7.12 Å². The molecule has 0 radical (unpaired) electrons. The molecule has 4 atom stereocenters. The zero-order valence-electron chi connectivity index (χ0n) is 6.13. The van der Waals surface area contributed by atoms with Crippen molar-refractivity contribution in [2.45, 2.75) is 19.7 Å². The van der Waals surface area contributed by atoms with Crippen LogP contribution in [0.4, 0.5) is 0 Å². The molecule has 0 bridgehead atoms. The van der Waals surface area contributed by atoms with Crippen LogP contribution in [0.1, 0.15) is 13.8 Å². The van der Waals surface area contributed by atoms with Gasteiger partial charge in [0.1, 0.15) is 0 Å². The van der Waals surface area contributed by atoms with E-state index in [0.29, 0.717) is 22.8 Å². The van der Waals surface area contributed by atoms with Crippen molar-refractivity contribution in [3.05, 3.63) is 0 Å². The van der Waals surface area contributed by atoms with E-state index in [1.807, 2.05) is 0 Å². The van der Waals surface area contributed by atoms with E-state index < -0.39 is 0 Å². The first-order valence-electron chi connectivity index (χ1n) is 2.95. The molecule has 0 aliphatic carbocycles. The summed E-state index contributed by atoms with van der Waals surface area (Å²) in [6.07, 6.45) is 0. The van der Waals surface area contributed by atoms with Gasteiger partial charge in [-0.15, -0.1) is 0 Å². The van der Waals surface area contributed by atoms with Gasteiger partial charge in [0, 0.05) is 17.0 Å². The molecule has 4 unspecified atom stereocenters. The first-order chi connectivity index (χ1) is 4.72. The van der Waals surface area contributed by atoms with Crippen molar-refractivity contribution in [3.8, 4) is 0 Å². The van der Waals surface area contributed by atoms with Crippen molar-refractivity contribution >= 4 is 42.0 Å². The van der Waals surface area contributed by atoms with E-state index in [9.17, 15) is 0 Å². The fraction of sp³-hybridized carbons (Fsp3) is 1.00. The lowest BCUT2D eigenvalue weighted by molar-refractivity contribution is 0.479. The van der Waals surface area contributed by atoms with Gasteiger partial charge in [-0.2, -0.15) is 0 Å². The molecule has 0 saturated heterocycles. The molecule has 0 fully saturated rings. The van der Waals surface area contributed by atoms with Gasteiger partial charge in [0.05, 0.1) is 0 Å². The zero-order valence-corrected chi connectivity index (χ0v) is 10.4. The molecule has 0 aliphatic rings. The van der Waals surface area contributed by atoms with Crippen LogP contribution in [0, 0.1) is 0 Å². The van der Waals surface area contributed by atoms with E-state index in [0.717, 1.165) is 0 Å². The van der Waals surface area contributed by atoms with E-state index in [1.165, 1.54) is 0 Å². The Labute approximate surface area is 71.0 Å². The van der Waals surface area contributed by atoms with E-state index in [1.54, 1.807) is 0 Å². The third-order valence-corrected chi connectivity index (χ3v) is 2.47. The lowest BCUT2D eigenvalue weighted by atomic mass is 9.76. The third-order valence-electron chi connectivity index (χ3n) is 0.913. The van der Waals surface area contributed by atoms with Crippen LogP contribution in [0.25, 0.3) is 0 Å². The number of rotatable bonds is 5. The molecule has 0 rings (SSSR count). The van der Waals surface area contributed by atoms with Crippen molar-refractivity contribution < 1.29 is 8.88 Å². The molecule has 0 spiro atoms. The smallest absolute Gasteiger partial charge is 0.387 e. The highest BCUT2D eigenvalue weighted by Gasteiger charge is 2.21. The predicted molar refractivity (Wildman–Crippen MR) is 59.1 cm³/mol. The van der Waals surface area contributed by atoms with Crippen molar-refractivity contribution in [1.29, 1.82) is 0 Å². The molecular weight excluding hydrogens is 203 g/mol. The average Bonchev–Trinajstić information content (AvgIpc) is 1.87. The summed E-state index contributed by atoms with van der Waals surface area (Å²) in [5, 5.41) is 0. The Balaban J connectivity index is 3.50. The van der Waals surface area contributed by atoms with Crippen LogP contribution in [0.15, 0.2) is 0 Å². The molecule has 7 heteroatoms. The molecule has 0 heterocycles. The molecule has 0 aliphatic heterocycles. The van der Waals surface area contributed by atoms with Crippen LogP contribution >= 0.6 is 34.8 Å². The Kier molecular flexibility index (Phi) is 8.61. The van der Waals surface area contributed by atoms with Gasteiger partial charge >= 0.3 is 7.12 Å². The highest BCUT2D eigenvalue weighted by molar-refractivity contribution is 8.01. The Morgan fingerprint density at radius 1 is 1.20 bits per heavy atom. The minimum absolute atomic E-state index is 0.0355. The van der Waals surface area contributed by atoms with Crippen LogP contribution in [0.5, 0.6) is 0 Å². The van der Waals surface area contributed by atoms with Crippen molar-refractivity contribution in [3.63, 3.8) is 0 Å². The topological polar surface area (TPSA) is 18.5 Å². The second kappa shape index (κ2) is 7.36. The third kappa shape index (κ3) is 5.37. The average molecular weight is 216 g/mol. The van der Waals surface area contributed by atoms with Gasteiger partial charge in [-0.1, -0.05) is 31.7 Å². The molecule has 10 heavy (non-hydrogen) atoms. The van der Waals surface area contributed by atoms with Gasteiger partial charge < -0.3 is 8.88 Å². The normalized spacial score (nSPS) is 12.9. The van der Waals surface area contributed by atoms with Gasteiger partial charge in [0.15, 0.2) is 0 Å². The van der Waals surface area contributed by atoms with E-state index in [2.05, 4.69) is 31.7 Å². The first-order valence-corrected chi connectivity index (χ1v) is 8.38. The maximum Gasteiger partial charge on any atom is 0.466 e. The second-order valence-corrected chi connectivity index (χ2v) is 4.44. The van der Waals surface area contributed by atoms with Crippen LogP contribution in [-0.2, 0) is 8.88 Å². The van der Waals surface area contributed by atoms with E-state index in [4.69, 9.17) is 8.88 Å². The fourth-order valence-electron chi connectivity index (χ4n) is 0.430. The zero-order chi connectivity index (χ0) is 7.98. The predicted octanol–water partition coefficient (Wildman–Crippen LogP) is 2.69. The Morgan fingerprint density at radius 3 is 1.80 bits per heavy atom. The van der Waals surface area contributed by atoms with Crippen molar-refractivity contribution in [2.24, 2.45) is 0 Å².